The maximum atomic E-state index is 12.9. The second-order valence-electron chi connectivity index (χ2n) is 5.32. The average Bonchev–Trinajstić information content (AvgIpc) is 2.97. The van der Waals surface area contributed by atoms with Crippen LogP contribution >= 0.6 is 22.9 Å². The number of amides is 1. The van der Waals surface area contributed by atoms with E-state index in [0.29, 0.717) is 15.6 Å². The summed E-state index contributed by atoms with van der Waals surface area (Å²) in [6.07, 6.45) is 1.42. The molecule has 0 aliphatic carbocycles. The highest BCUT2D eigenvalue weighted by Crippen LogP contribution is 2.28. The number of carbonyl (C=O) groups is 1. The minimum atomic E-state index is -0.444. The number of para-hydroxylation sites is 1. The van der Waals surface area contributed by atoms with Gasteiger partial charge in [0.2, 0.25) is 0 Å². The fourth-order valence-electron chi connectivity index (χ4n) is 2.09. The molecule has 0 atom stereocenters. The van der Waals surface area contributed by atoms with E-state index in [4.69, 9.17) is 11.6 Å². The first kappa shape index (κ1) is 18.0. The number of benzene rings is 2. The molecule has 8 heteroatoms. The fourth-order valence-corrected chi connectivity index (χ4v) is 3.13. The Labute approximate surface area is 158 Å². The van der Waals surface area contributed by atoms with E-state index >= 15 is 0 Å². The van der Waals surface area contributed by atoms with Crippen LogP contribution in [-0.2, 0) is 0 Å². The van der Waals surface area contributed by atoms with Gasteiger partial charge < -0.3 is 5.32 Å². The first-order chi connectivity index (χ1) is 12.5. The molecule has 3 rings (SSSR count). The summed E-state index contributed by atoms with van der Waals surface area (Å²) in [7, 11) is 0. The van der Waals surface area contributed by atoms with Gasteiger partial charge in [-0.05, 0) is 42.8 Å². The summed E-state index contributed by atoms with van der Waals surface area (Å²) in [5.74, 6) is -0.852. The third-order valence-corrected chi connectivity index (χ3v) is 4.76. The molecule has 2 N–H and O–H groups in total. The van der Waals surface area contributed by atoms with Crippen molar-refractivity contribution in [2.45, 2.75) is 6.92 Å². The predicted molar refractivity (Wildman–Crippen MR) is 103 cm³/mol. The van der Waals surface area contributed by atoms with Crippen molar-refractivity contribution in [3.8, 4) is 0 Å². The van der Waals surface area contributed by atoms with E-state index in [9.17, 15) is 9.18 Å². The number of aromatic nitrogens is 1. The minimum Gasteiger partial charge on any atom is -0.331 e. The number of aryl methyl sites for hydroxylation is 1. The zero-order chi connectivity index (χ0) is 18.5. The highest BCUT2D eigenvalue weighted by Gasteiger charge is 2.09. The molecule has 1 amide bonds. The van der Waals surface area contributed by atoms with Crippen molar-refractivity contribution in [2.75, 3.05) is 5.32 Å². The van der Waals surface area contributed by atoms with E-state index in [1.807, 2.05) is 31.2 Å². The molecular formula is C18H14ClFN4OS. The van der Waals surface area contributed by atoms with E-state index < -0.39 is 11.7 Å². The van der Waals surface area contributed by atoms with Gasteiger partial charge in [-0.15, -0.1) is 0 Å². The minimum absolute atomic E-state index is 0.283. The maximum Gasteiger partial charge on any atom is 0.271 e. The van der Waals surface area contributed by atoms with Gasteiger partial charge in [-0.3, -0.25) is 4.79 Å². The molecule has 0 saturated carbocycles. The number of carbonyl (C=O) groups excluding carboxylic acids is 1. The van der Waals surface area contributed by atoms with E-state index in [1.165, 1.54) is 41.8 Å². The molecular weight excluding hydrogens is 375 g/mol. The SMILES string of the molecule is Cc1ccccc1Nc1nc(Cl)c(/C=N/NC(=O)c2ccc(F)cc2)s1. The largest absolute Gasteiger partial charge is 0.331 e. The molecule has 0 spiro atoms. The molecule has 0 unspecified atom stereocenters. The molecule has 0 aliphatic heterocycles. The van der Waals surface area contributed by atoms with Crippen LogP contribution in [0.15, 0.2) is 53.6 Å². The predicted octanol–water partition coefficient (Wildman–Crippen LogP) is 4.75. The van der Waals surface area contributed by atoms with Crippen molar-refractivity contribution >= 4 is 45.9 Å². The number of hydrazone groups is 1. The third kappa shape index (κ3) is 4.44. The lowest BCUT2D eigenvalue weighted by atomic mass is 10.2. The molecule has 1 heterocycles. The maximum absolute atomic E-state index is 12.9. The topological polar surface area (TPSA) is 66.4 Å². The zero-order valence-electron chi connectivity index (χ0n) is 13.7. The Morgan fingerprint density at radius 1 is 1.23 bits per heavy atom. The van der Waals surface area contributed by atoms with Gasteiger partial charge in [-0.1, -0.05) is 41.1 Å². The monoisotopic (exact) mass is 388 g/mol. The Bertz CT molecular complexity index is 956. The molecule has 132 valence electrons. The lowest BCUT2D eigenvalue weighted by Gasteiger charge is -2.05. The van der Waals surface area contributed by atoms with Crippen molar-refractivity contribution in [3.63, 3.8) is 0 Å². The van der Waals surface area contributed by atoms with Gasteiger partial charge in [-0.2, -0.15) is 5.10 Å². The van der Waals surface area contributed by atoms with Crippen LogP contribution < -0.4 is 10.7 Å². The van der Waals surface area contributed by atoms with E-state index in [2.05, 4.69) is 20.8 Å². The summed E-state index contributed by atoms with van der Waals surface area (Å²) in [6, 6.07) is 13.0. The van der Waals surface area contributed by atoms with Crippen molar-refractivity contribution in [1.29, 1.82) is 0 Å². The normalized spacial score (nSPS) is 10.9. The van der Waals surface area contributed by atoms with Crippen LogP contribution in [0.25, 0.3) is 0 Å². The van der Waals surface area contributed by atoms with Crippen molar-refractivity contribution in [2.24, 2.45) is 5.10 Å². The van der Waals surface area contributed by atoms with Crippen molar-refractivity contribution < 1.29 is 9.18 Å². The number of thiazole rings is 1. The number of hydrogen-bond donors (Lipinski definition) is 2. The number of anilines is 2. The first-order valence-electron chi connectivity index (χ1n) is 7.61. The zero-order valence-corrected chi connectivity index (χ0v) is 15.2. The summed E-state index contributed by atoms with van der Waals surface area (Å²) in [4.78, 5) is 16.7. The van der Waals surface area contributed by atoms with Gasteiger partial charge >= 0.3 is 0 Å². The molecule has 0 aliphatic rings. The quantitative estimate of drug-likeness (QED) is 0.489. The summed E-state index contributed by atoms with van der Waals surface area (Å²) in [6.45, 7) is 1.99. The van der Waals surface area contributed by atoms with Crippen LogP contribution in [0.1, 0.15) is 20.8 Å². The molecule has 2 aromatic carbocycles. The van der Waals surface area contributed by atoms with Crippen LogP contribution in [0, 0.1) is 12.7 Å². The van der Waals surface area contributed by atoms with Gasteiger partial charge in [0.25, 0.3) is 5.91 Å². The molecule has 0 fully saturated rings. The van der Waals surface area contributed by atoms with Crippen LogP contribution in [0.3, 0.4) is 0 Å². The van der Waals surface area contributed by atoms with Crippen LogP contribution in [0.2, 0.25) is 5.15 Å². The molecule has 26 heavy (non-hydrogen) atoms. The van der Waals surface area contributed by atoms with Crippen LogP contribution in [-0.4, -0.2) is 17.1 Å². The summed E-state index contributed by atoms with van der Waals surface area (Å²) in [5, 5.41) is 7.99. The van der Waals surface area contributed by atoms with Gasteiger partial charge in [0, 0.05) is 11.3 Å². The Morgan fingerprint density at radius 2 is 1.96 bits per heavy atom. The third-order valence-electron chi connectivity index (χ3n) is 3.45. The summed E-state index contributed by atoms with van der Waals surface area (Å²) < 4.78 is 12.9. The number of hydrogen-bond acceptors (Lipinski definition) is 5. The second-order valence-corrected chi connectivity index (χ2v) is 6.71. The lowest BCUT2D eigenvalue weighted by molar-refractivity contribution is 0.0955. The molecule has 1 aromatic heterocycles. The van der Waals surface area contributed by atoms with E-state index in [-0.39, 0.29) is 5.15 Å². The first-order valence-corrected chi connectivity index (χ1v) is 8.80. The molecule has 0 radical (unpaired) electrons. The Kier molecular flexibility index (Phi) is 5.60. The number of nitrogens with one attached hydrogen (secondary N) is 2. The Balaban J connectivity index is 1.65. The summed E-state index contributed by atoms with van der Waals surface area (Å²) in [5.41, 5.74) is 4.70. The second kappa shape index (κ2) is 8.07. The van der Waals surface area contributed by atoms with Crippen molar-refractivity contribution in [1.82, 2.24) is 10.4 Å². The van der Waals surface area contributed by atoms with Crippen LogP contribution in [0.4, 0.5) is 15.2 Å². The van der Waals surface area contributed by atoms with Gasteiger partial charge in [-0.25, -0.2) is 14.8 Å². The Hall–Kier alpha value is -2.77. The molecule has 0 bridgehead atoms. The van der Waals surface area contributed by atoms with Crippen LogP contribution in [0.5, 0.6) is 0 Å². The lowest BCUT2D eigenvalue weighted by Crippen LogP contribution is -2.17. The number of halogens is 2. The molecule has 5 nitrogen and oxygen atoms in total. The van der Waals surface area contributed by atoms with Gasteiger partial charge in [0.15, 0.2) is 10.3 Å². The highest BCUT2D eigenvalue weighted by atomic mass is 35.5. The van der Waals surface area contributed by atoms with Crippen molar-refractivity contribution in [3.05, 3.63) is 75.5 Å². The fraction of sp³-hybridized carbons (Fsp3) is 0.0556. The summed E-state index contributed by atoms with van der Waals surface area (Å²) >= 11 is 7.42. The number of rotatable bonds is 5. The smallest absolute Gasteiger partial charge is 0.271 e. The highest BCUT2D eigenvalue weighted by molar-refractivity contribution is 7.17. The van der Waals surface area contributed by atoms with E-state index in [1.54, 1.807) is 0 Å². The standard InChI is InChI=1S/C18H14ClFN4OS/c1-11-4-2-3-5-14(11)22-18-23-16(19)15(26-18)10-21-24-17(25)12-6-8-13(20)9-7-12/h2-10H,1H3,(H,22,23)(H,24,25)/b21-10+. The molecule has 0 saturated heterocycles. The van der Waals surface area contributed by atoms with Gasteiger partial charge in [0.05, 0.1) is 11.1 Å². The van der Waals surface area contributed by atoms with E-state index in [0.717, 1.165) is 11.3 Å². The Morgan fingerprint density at radius 3 is 2.69 bits per heavy atom. The number of nitrogens with zero attached hydrogens (tertiary/aromatic N) is 2. The molecule has 3 aromatic rings. The van der Waals surface area contributed by atoms with Gasteiger partial charge in [0.1, 0.15) is 5.82 Å². The average molecular weight is 389 g/mol.